The number of esters is 4. The van der Waals surface area contributed by atoms with Crippen molar-refractivity contribution in [2.75, 3.05) is 39.6 Å². The molecule has 0 fully saturated rings. The highest BCUT2D eigenvalue weighted by atomic mass is 31.2. The summed E-state index contributed by atoms with van der Waals surface area (Å²) in [6.45, 7) is 7.32. The van der Waals surface area contributed by atoms with Crippen LogP contribution in [0.25, 0.3) is 0 Å². The number of carbonyl (C=O) groups excluding carboxylic acids is 4. The first-order chi connectivity index (χ1) is 50.6. The average molecular weight is 1520 g/mol. The predicted molar refractivity (Wildman–Crippen MR) is 428 cm³/mol. The number of aliphatic hydroxyl groups is 1. The van der Waals surface area contributed by atoms with Crippen LogP contribution in [-0.4, -0.2) is 96.7 Å². The highest BCUT2D eigenvalue weighted by molar-refractivity contribution is 7.47. The van der Waals surface area contributed by atoms with E-state index in [9.17, 15) is 43.2 Å². The maximum Gasteiger partial charge on any atom is 0.472 e. The minimum atomic E-state index is -4.96. The first kappa shape index (κ1) is 102. The number of phosphoric ester groups is 2. The quantitative estimate of drug-likeness (QED) is 0.0222. The molecule has 3 N–H and O–H groups in total. The molecule has 0 aromatic heterocycles. The van der Waals surface area contributed by atoms with Gasteiger partial charge in [0.15, 0.2) is 12.2 Å². The Balaban J connectivity index is 5.23. The molecule has 0 aliphatic rings. The average Bonchev–Trinajstić information content (AvgIpc) is 0.944. The van der Waals surface area contributed by atoms with E-state index in [2.05, 4.69) is 34.6 Å². The monoisotopic (exact) mass is 1520 g/mol. The summed E-state index contributed by atoms with van der Waals surface area (Å²) in [7, 11) is -9.93. The Labute approximate surface area is 638 Å². The van der Waals surface area contributed by atoms with Crippen LogP contribution in [0.2, 0.25) is 0 Å². The van der Waals surface area contributed by atoms with Gasteiger partial charge in [-0.3, -0.25) is 37.3 Å². The van der Waals surface area contributed by atoms with E-state index in [1.165, 1.54) is 276 Å². The minimum absolute atomic E-state index is 0.108. The van der Waals surface area contributed by atoms with Crippen LogP contribution in [0.15, 0.2) is 0 Å². The molecule has 17 nitrogen and oxygen atoms in total. The Morgan fingerprint density at radius 1 is 0.269 bits per heavy atom. The van der Waals surface area contributed by atoms with Crippen LogP contribution < -0.4 is 0 Å². The minimum Gasteiger partial charge on any atom is -0.462 e. The van der Waals surface area contributed by atoms with E-state index < -0.39 is 97.5 Å². The van der Waals surface area contributed by atoms with Crippen LogP contribution in [0.5, 0.6) is 0 Å². The Hall–Kier alpha value is -1.94. The zero-order chi connectivity index (χ0) is 76.2. The van der Waals surface area contributed by atoms with Gasteiger partial charge >= 0.3 is 39.5 Å². The van der Waals surface area contributed by atoms with Gasteiger partial charge in [-0.2, -0.15) is 0 Å². The van der Waals surface area contributed by atoms with Gasteiger partial charge in [0, 0.05) is 25.7 Å². The van der Waals surface area contributed by atoms with Crippen molar-refractivity contribution in [3.05, 3.63) is 0 Å². The molecule has 0 bridgehead atoms. The second-order valence-electron chi connectivity index (χ2n) is 30.8. The molecule has 0 radical (unpaired) electrons. The number of carbonyl (C=O) groups is 4. The Morgan fingerprint density at radius 3 is 0.683 bits per heavy atom. The lowest BCUT2D eigenvalue weighted by molar-refractivity contribution is -0.161. The van der Waals surface area contributed by atoms with Crippen LogP contribution in [0.3, 0.4) is 0 Å². The number of aliphatic hydroxyl groups excluding tert-OH is 1. The lowest BCUT2D eigenvalue weighted by Gasteiger charge is -2.21. The van der Waals surface area contributed by atoms with Crippen molar-refractivity contribution in [1.29, 1.82) is 0 Å². The highest BCUT2D eigenvalue weighted by Gasteiger charge is 2.30. The van der Waals surface area contributed by atoms with Crippen LogP contribution in [0.4, 0.5) is 0 Å². The summed E-state index contributed by atoms with van der Waals surface area (Å²) in [5.74, 6) is -1.37. The van der Waals surface area contributed by atoms with Crippen LogP contribution in [0.1, 0.15) is 458 Å². The molecule has 0 aromatic carbocycles. The van der Waals surface area contributed by atoms with Crippen molar-refractivity contribution in [1.82, 2.24) is 0 Å². The van der Waals surface area contributed by atoms with Gasteiger partial charge < -0.3 is 33.8 Å². The molecule has 19 heteroatoms. The molecular weight excluding hydrogens is 1350 g/mol. The normalized spacial score (nSPS) is 14.0. The summed E-state index contributed by atoms with van der Waals surface area (Å²) in [5.41, 5.74) is 0. The zero-order valence-electron chi connectivity index (χ0n) is 68.2. The molecule has 618 valence electrons. The molecule has 0 saturated carbocycles. The standard InChI is InChI=1S/C85H166O17P2/c1-6-10-13-16-19-22-25-28-31-34-36-39-42-45-48-51-54-61-65-70-84(89)101-80(74-95-82(87)68-63-58-52-49-46-43-40-38-35-32-29-26-23-20-17-14-11-7-2)76-99-103(91,92)97-72-79(86)73-98-104(93,94)100-77-81(75-96-83(88)69-64-59-56-55-57-62-67-78(5)9-4)102-85(90)71-66-60-53-50-47-44-41-37-33-30-27-24-21-18-15-12-8-3/h78-81,86H,6-77H2,1-5H3,(H,91,92)(H,93,94)/t78?,79-,80-,81-/m1/s1. The molecule has 0 aliphatic carbocycles. The third kappa shape index (κ3) is 76.8. The third-order valence-electron chi connectivity index (χ3n) is 20.4. The van der Waals surface area contributed by atoms with Gasteiger partial charge in [0.2, 0.25) is 0 Å². The fourth-order valence-electron chi connectivity index (χ4n) is 13.3. The Bertz CT molecular complexity index is 1980. The van der Waals surface area contributed by atoms with Gasteiger partial charge in [-0.15, -0.1) is 0 Å². The van der Waals surface area contributed by atoms with Crippen molar-refractivity contribution < 1.29 is 80.2 Å². The van der Waals surface area contributed by atoms with Crippen LogP contribution in [-0.2, 0) is 65.4 Å². The van der Waals surface area contributed by atoms with Gasteiger partial charge in [-0.05, 0) is 31.6 Å². The van der Waals surface area contributed by atoms with E-state index >= 15 is 0 Å². The molecule has 0 amide bonds. The fraction of sp³-hybridized carbons (Fsp3) is 0.953. The summed E-state index contributed by atoms with van der Waals surface area (Å²) >= 11 is 0. The van der Waals surface area contributed by atoms with Gasteiger partial charge in [0.1, 0.15) is 19.3 Å². The molecule has 6 atom stereocenters. The summed E-state index contributed by atoms with van der Waals surface area (Å²) in [6.07, 6.45) is 70.9. The van der Waals surface area contributed by atoms with E-state index in [-0.39, 0.29) is 25.7 Å². The number of hydrogen-bond acceptors (Lipinski definition) is 15. The summed E-state index contributed by atoms with van der Waals surface area (Å²) in [6, 6.07) is 0. The highest BCUT2D eigenvalue weighted by Crippen LogP contribution is 2.45. The van der Waals surface area contributed by atoms with Crippen molar-refractivity contribution >= 4 is 39.5 Å². The van der Waals surface area contributed by atoms with Crippen molar-refractivity contribution in [3.63, 3.8) is 0 Å². The SMILES string of the molecule is CCCCCCCCCCCCCCCCCCCCCC(=O)O[C@H](COC(=O)CCCCCCCCCCCCCCCCCCCC)COP(=O)(O)OC[C@@H](O)COP(=O)(O)OC[C@@H](COC(=O)CCCCCCCCC(C)CC)OC(=O)CCCCCCCCCCCCCCCCCCC. The fourth-order valence-corrected chi connectivity index (χ4v) is 14.8. The Kier molecular flexibility index (Phi) is 76.3. The van der Waals surface area contributed by atoms with Crippen molar-refractivity contribution in [2.45, 2.75) is 477 Å². The number of hydrogen-bond donors (Lipinski definition) is 3. The molecular formula is C85H166O17P2. The summed E-state index contributed by atoms with van der Waals surface area (Å²) < 4.78 is 68.9. The van der Waals surface area contributed by atoms with E-state index in [1.807, 2.05) is 0 Å². The van der Waals surface area contributed by atoms with Gasteiger partial charge in [-0.25, -0.2) is 9.13 Å². The predicted octanol–water partition coefficient (Wildman–Crippen LogP) is 26.0. The van der Waals surface area contributed by atoms with Crippen molar-refractivity contribution in [3.8, 4) is 0 Å². The molecule has 3 unspecified atom stereocenters. The second-order valence-corrected chi connectivity index (χ2v) is 33.7. The smallest absolute Gasteiger partial charge is 0.462 e. The third-order valence-corrected chi connectivity index (χ3v) is 22.3. The lowest BCUT2D eigenvalue weighted by atomic mass is 10.00. The molecule has 0 aromatic rings. The van der Waals surface area contributed by atoms with Crippen LogP contribution in [0, 0.1) is 5.92 Å². The topological polar surface area (TPSA) is 237 Å². The lowest BCUT2D eigenvalue weighted by Crippen LogP contribution is -2.30. The molecule has 104 heavy (non-hydrogen) atoms. The second kappa shape index (κ2) is 77.8. The van der Waals surface area contributed by atoms with E-state index in [4.69, 9.17) is 37.0 Å². The maximum atomic E-state index is 13.1. The largest absolute Gasteiger partial charge is 0.472 e. The van der Waals surface area contributed by atoms with Gasteiger partial charge in [0.05, 0.1) is 26.4 Å². The van der Waals surface area contributed by atoms with Crippen molar-refractivity contribution in [2.24, 2.45) is 5.92 Å². The molecule has 0 aliphatic heterocycles. The van der Waals surface area contributed by atoms with E-state index in [0.717, 1.165) is 102 Å². The number of ether oxygens (including phenoxy) is 4. The number of unbranched alkanes of at least 4 members (excludes halogenated alkanes) is 56. The Morgan fingerprint density at radius 2 is 0.462 bits per heavy atom. The maximum absolute atomic E-state index is 13.1. The zero-order valence-corrected chi connectivity index (χ0v) is 70.0. The molecule has 0 saturated heterocycles. The molecule has 0 rings (SSSR count). The van der Waals surface area contributed by atoms with Crippen LogP contribution >= 0.6 is 15.6 Å². The summed E-state index contributed by atoms with van der Waals surface area (Å²) in [5, 5.41) is 10.7. The van der Waals surface area contributed by atoms with E-state index in [1.54, 1.807) is 0 Å². The van der Waals surface area contributed by atoms with Gasteiger partial charge in [0.25, 0.3) is 0 Å². The number of rotatable bonds is 85. The first-order valence-corrected chi connectivity index (χ1v) is 47.2. The van der Waals surface area contributed by atoms with E-state index in [0.29, 0.717) is 25.7 Å². The first-order valence-electron chi connectivity index (χ1n) is 44.2. The number of phosphoric acid groups is 2. The summed E-state index contributed by atoms with van der Waals surface area (Å²) in [4.78, 5) is 73.2. The molecule has 0 spiro atoms. The van der Waals surface area contributed by atoms with Gasteiger partial charge in [-0.1, -0.05) is 407 Å². The molecule has 0 heterocycles.